The van der Waals surface area contributed by atoms with E-state index in [0.717, 1.165) is 17.5 Å². The molecule has 0 aliphatic heterocycles. The first-order chi connectivity index (χ1) is 14.1. The van der Waals surface area contributed by atoms with Crippen molar-refractivity contribution in [2.75, 3.05) is 4.90 Å². The van der Waals surface area contributed by atoms with Gasteiger partial charge in [0.2, 0.25) is 5.91 Å². The standard InChI is InChI=1S/C23H26N2O3S/c1-14(26)25(20-5-3-2-4-6-20)23-24-19(13-29-23)12-28-22(27)21-17-8-15-7-16(10-17)11-18(21)9-15/h2-6,13,15-18,21H,7-12H2,1H3. The van der Waals surface area contributed by atoms with Crippen molar-refractivity contribution in [2.45, 2.75) is 45.6 Å². The first kappa shape index (κ1) is 18.8. The smallest absolute Gasteiger partial charge is 0.309 e. The van der Waals surface area contributed by atoms with Crippen LogP contribution >= 0.6 is 11.3 Å². The number of hydrogen-bond acceptors (Lipinski definition) is 5. The minimum Gasteiger partial charge on any atom is -0.459 e. The van der Waals surface area contributed by atoms with Gasteiger partial charge >= 0.3 is 5.97 Å². The van der Waals surface area contributed by atoms with Gasteiger partial charge in [-0.1, -0.05) is 18.2 Å². The molecular formula is C23H26N2O3S. The number of amides is 1. The van der Waals surface area contributed by atoms with E-state index in [2.05, 4.69) is 4.98 Å². The van der Waals surface area contributed by atoms with Crippen LogP contribution in [0.1, 0.15) is 44.7 Å². The van der Waals surface area contributed by atoms with Gasteiger partial charge in [0, 0.05) is 12.3 Å². The fraction of sp³-hybridized carbons (Fsp3) is 0.522. The first-order valence-corrected chi connectivity index (χ1v) is 11.4. The van der Waals surface area contributed by atoms with Gasteiger partial charge in [0.05, 0.1) is 17.3 Å². The zero-order valence-corrected chi connectivity index (χ0v) is 17.4. The van der Waals surface area contributed by atoms with Crippen molar-refractivity contribution in [3.05, 3.63) is 41.4 Å². The van der Waals surface area contributed by atoms with E-state index in [0.29, 0.717) is 22.7 Å². The van der Waals surface area contributed by atoms with Gasteiger partial charge in [0.1, 0.15) is 6.61 Å². The maximum Gasteiger partial charge on any atom is 0.309 e. The molecule has 1 aromatic carbocycles. The van der Waals surface area contributed by atoms with Gasteiger partial charge in [0.15, 0.2) is 5.13 Å². The maximum absolute atomic E-state index is 12.9. The molecule has 4 bridgehead atoms. The topological polar surface area (TPSA) is 59.5 Å². The molecule has 6 rings (SSSR count). The molecule has 1 heterocycles. The summed E-state index contributed by atoms with van der Waals surface area (Å²) in [6.07, 6.45) is 6.21. The highest BCUT2D eigenvalue weighted by Gasteiger charge is 2.51. The van der Waals surface area contributed by atoms with Crippen LogP contribution in [0, 0.1) is 29.6 Å². The van der Waals surface area contributed by atoms with Gasteiger partial charge in [-0.25, -0.2) is 4.98 Å². The van der Waals surface area contributed by atoms with Gasteiger partial charge in [0.25, 0.3) is 0 Å². The van der Waals surface area contributed by atoms with Crippen molar-refractivity contribution in [2.24, 2.45) is 29.6 Å². The van der Waals surface area contributed by atoms with Crippen LogP contribution in [-0.2, 0) is 20.9 Å². The Morgan fingerprint density at radius 2 is 1.72 bits per heavy atom. The summed E-state index contributed by atoms with van der Waals surface area (Å²) in [6, 6.07) is 9.47. The molecule has 4 aliphatic rings. The largest absolute Gasteiger partial charge is 0.459 e. The predicted molar refractivity (Wildman–Crippen MR) is 112 cm³/mol. The lowest BCUT2D eigenvalue weighted by Crippen LogP contribution is -2.48. The number of nitrogens with zero attached hydrogens (tertiary/aromatic N) is 2. The molecule has 4 fully saturated rings. The lowest BCUT2D eigenvalue weighted by Gasteiger charge is -2.53. The summed E-state index contributed by atoms with van der Waals surface area (Å²) in [6.45, 7) is 1.71. The zero-order chi connectivity index (χ0) is 20.0. The fourth-order valence-corrected chi connectivity index (χ4v) is 6.89. The van der Waals surface area contributed by atoms with Crippen LogP contribution in [0.4, 0.5) is 10.8 Å². The molecular weight excluding hydrogens is 384 g/mol. The fourth-order valence-electron chi connectivity index (χ4n) is 6.02. The Bertz CT molecular complexity index is 882. The van der Waals surface area contributed by atoms with E-state index in [9.17, 15) is 9.59 Å². The Morgan fingerprint density at radius 3 is 2.34 bits per heavy atom. The molecule has 29 heavy (non-hydrogen) atoms. The number of thiazole rings is 1. The SMILES string of the molecule is CC(=O)N(c1ccccc1)c1nc(COC(=O)C2C3CC4CC(C3)CC2C4)cs1. The molecule has 0 N–H and O–H groups in total. The maximum atomic E-state index is 12.9. The normalized spacial score (nSPS) is 29.6. The van der Waals surface area contributed by atoms with Crippen LogP contribution in [0.15, 0.2) is 35.7 Å². The number of hydrogen-bond donors (Lipinski definition) is 0. The summed E-state index contributed by atoms with van der Waals surface area (Å²) in [7, 11) is 0. The molecule has 0 radical (unpaired) electrons. The summed E-state index contributed by atoms with van der Waals surface area (Å²) in [5.41, 5.74) is 1.48. The number of carbonyl (C=O) groups excluding carboxylic acids is 2. The summed E-state index contributed by atoms with van der Waals surface area (Å²) >= 11 is 1.39. The van der Waals surface area contributed by atoms with Crippen molar-refractivity contribution < 1.29 is 14.3 Å². The Kier molecular flexibility index (Phi) is 4.90. The Balaban J connectivity index is 1.25. The van der Waals surface area contributed by atoms with Gasteiger partial charge in [-0.3, -0.25) is 14.5 Å². The number of esters is 1. The van der Waals surface area contributed by atoms with Crippen molar-refractivity contribution in [1.29, 1.82) is 0 Å². The molecule has 4 aliphatic carbocycles. The highest BCUT2D eigenvalue weighted by atomic mass is 32.1. The molecule has 2 aromatic rings. The lowest BCUT2D eigenvalue weighted by atomic mass is 9.52. The van der Waals surface area contributed by atoms with Crippen LogP contribution < -0.4 is 4.90 Å². The van der Waals surface area contributed by atoms with E-state index < -0.39 is 0 Å². The van der Waals surface area contributed by atoms with Crippen LogP contribution in [0.25, 0.3) is 0 Å². The number of para-hydroxylation sites is 1. The molecule has 152 valence electrons. The van der Waals surface area contributed by atoms with Crippen molar-refractivity contribution in [1.82, 2.24) is 4.98 Å². The molecule has 0 spiro atoms. The molecule has 6 heteroatoms. The van der Waals surface area contributed by atoms with Gasteiger partial charge in [-0.15, -0.1) is 11.3 Å². The third-order valence-corrected chi connectivity index (χ3v) is 7.80. The van der Waals surface area contributed by atoms with Crippen molar-refractivity contribution >= 4 is 34.0 Å². The second-order valence-corrected chi connectivity index (χ2v) is 9.71. The van der Waals surface area contributed by atoms with E-state index >= 15 is 0 Å². The van der Waals surface area contributed by atoms with Crippen LogP contribution in [0.2, 0.25) is 0 Å². The van der Waals surface area contributed by atoms with E-state index in [-0.39, 0.29) is 24.4 Å². The number of carbonyl (C=O) groups is 2. The Labute approximate surface area is 175 Å². The number of anilines is 2. The van der Waals surface area contributed by atoms with Gasteiger partial charge in [-0.2, -0.15) is 0 Å². The average molecular weight is 411 g/mol. The Morgan fingerprint density at radius 1 is 1.07 bits per heavy atom. The van der Waals surface area contributed by atoms with Crippen molar-refractivity contribution in [3.8, 4) is 0 Å². The monoisotopic (exact) mass is 410 g/mol. The molecule has 0 unspecified atom stereocenters. The second kappa shape index (κ2) is 7.56. The molecule has 1 amide bonds. The minimum atomic E-state index is -0.0947. The number of ether oxygens (including phenoxy) is 1. The lowest BCUT2D eigenvalue weighted by molar-refractivity contribution is -0.163. The summed E-state index contributed by atoms with van der Waals surface area (Å²) in [5, 5.41) is 2.47. The summed E-state index contributed by atoms with van der Waals surface area (Å²) in [4.78, 5) is 31.2. The highest BCUT2D eigenvalue weighted by molar-refractivity contribution is 7.14. The number of benzene rings is 1. The predicted octanol–water partition coefficient (Wildman–Crippen LogP) is 4.94. The van der Waals surface area contributed by atoms with Crippen molar-refractivity contribution in [3.63, 3.8) is 0 Å². The second-order valence-electron chi connectivity index (χ2n) is 8.88. The van der Waals surface area contributed by atoms with Crippen LogP contribution in [0.5, 0.6) is 0 Å². The Hall–Kier alpha value is -2.21. The van der Waals surface area contributed by atoms with E-state index in [1.807, 2.05) is 35.7 Å². The quantitative estimate of drug-likeness (QED) is 0.655. The zero-order valence-electron chi connectivity index (χ0n) is 16.6. The van der Waals surface area contributed by atoms with E-state index in [1.54, 1.807) is 4.90 Å². The van der Waals surface area contributed by atoms with E-state index in [1.165, 1.54) is 50.4 Å². The molecule has 1 aromatic heterocycles. The number of rotatable bonds is 5. The molecule has 5 nitrogen and oxygen atoms in total. The summed E-state index contributed by atoms with van der Waals surface area (Å²) in [5.74, 6) is 2.69. The van der Waals surface area contributed by atoms with Crippen LogP contribution in [0.3, 0.4) is 0 Å². The molecule has 0 atom stereocenters. The molecule has 4 saturated carbocycles. The third-order valence-electron chi connectivity index (χ3n) is 6.92. The number of aromatic nitrogens is 1. The van der Waals surface area contributed by atoms with E-state index in [4.69, 9.17) is 4.74 Å². The van der Waals surface area contributed by atoms with Crippen LogP contribution in [-0.4, -0.2) is 16.9 Å². The summed E-state index contributed by atoms with van der Waals surface area (Å²) < 4.78 is 5.72. The molecule has 0 saturated heterocycles. The first-order valence-electron chi connectivity index (χ1n) is 10.5. The third kappa shape index (κ3) is 3.59. The van der Waals surface area contributed by atoms with Gasteiger partial charge < -0.3 is 4.74 Å². The minimum absolute atomic E-state index is 0.0418. The average Bonchev–Trinajstić information content (AvgIpc) is 3.14. The highest BCUT2D eigenvalue weighted by Crippen LogP contribution is 2.56. The van der Waals surface area contributed by atoms with Gasteiger partial charge in [-0.05, 0) is 67.9 Å².